The monoisotopic (exact) mass is 191 g/mol. The van der Waals surface area contributed by atoms with Crippen LogP contribution in [-0.2, 0) is 11.2 Å². The lowest BCUT2D eigenvalue weighted by molar-refractivity contribution is -0.118. The van der Waals surface area contributed by atoms with Crippen molar-refractivity contribution in [1.29, 1.82) is 0 Å². The van der Waals surface area contributed by atoms with Gasteiger partial charge in [-0.3, -0.25) is 4.79 Å². The summed E-state index contributed by atoms with van der Waals surface area (Å²) in [6, 6.07) is 8.17. The number of carbonyl (C=O) groups is 1. The van der Waals surface area contributed by atoms with Crippen LogP contribution in [0.3, 0.4) is 0 Å². The third-order valence-corrected chi connectivity index (χ3v) is 2.36. The summed E-state index contributed by atoms with van der Waals surface area (Å²) in [6.45, 7) is 2.54. The Morgan fingerprint density at radius 3 is 2.64 bits per heavy atom. The maximum Gasteiger partial charge on any atom is 0.134 e. The Morgan fingerprint density at radius 2 is 2.00 bits per heavy atom. The van der Waals surface area contributed by atoms with Crippen LogP contribution in [0.1, 0.15) is 24.0 Å². The Morgan fingerprint density at radius 1 is 1.29 bits per heavy atom. The fraction of sp³-hybridized carbons (Fsp3) is 0.417. The quantitative estimate of drug-likeness (QED) is 0.771. The van der Waals surface area contributed by atoms with Gasteiger partial charge in [-0.05, 0) is 31.0 Å². The van der Waals surface area contributed by atoms with E-state index in [-0.39, 0.29) is 5.78 Å². The van der Waals surface area contributed by atoms with Crippen molar-refractivity contribution < 1.29 is 4.79 Å². The molecule has 0 spiro atoms. The molecule has 0 saturated carbocycles. The van der Waals surface area contributed by atoms with E-state index in [0.717, 1.165) is 6.42 Å². The number of aryl methyl sites for hydroxylation is 2. The van der Waals surface area contributed by atoms with E-state index in [1.165, 1.54) is 11.1 Å². The first-order valence-corrected chi connectivity index (χ1v) is 5.00. The van der Waals surface area contributed by atoms with Gasteiger partial charge in [0.25, 0.3) is 0 Å². The van der Waals surface area contributed by atoms with Crippen LogP contribution in [0.5, 0.6) is 0 Å². The van der Waals surface area contributed by atoms with Crippen molar-refractivity contribution in [3.63, 3.8) is 0 Å². The molecule has 0 amide bonds. The Labute approximate surface area is 85.1 Å². The number of rotatable bonds is 5. The third kappa shape index (κ3) is 3.30. The molecular formula is C12H17NO. The van der Waals surface area contributed by atoms with E-state index in [0.29, 0.717) is 19.4 Å². The highest BCUT2D eigenvalue weighted by atomic mass is 16.1. The second-order valence-electron chi connectivity index (χ2n) is 3.50. The molecule has 0 bridgehead atoms. The predicted molar refractivity (Wildman–Crippen MR) is 58.2 cm³/mol. The van der Waals surface area contributed by atoms with Gasteiger partial charge in [-0.1, -0.05) is 24.3 Å². The molecule has 2 heteroatoms. The molecule has 1 aromatic carbocycles. The van der Waals surface area contributed by atoms with Crippen molar-refractivity contribution in [3.8, 4) is 0 Å². The van der Waals surface area contributed by atoms with E-state index in [9.17, 15) is 4.79 Å². The topological polar surface area (TPSA) is 43.1 Å². The first kappa shape index (κ1) is 10.9. The lowest BCUT2D eigenvalue weighted by atomic mass is 10.0. The van der Waals surface area contributed by atoms with Crippen molar-refractivity contribution in [2.45, 2.75) is 26.2 Å². The summed E-state index contributed by atoms with van der Waals surface area (Å²) in [5, 5.41) is 0. The molecule has 2 N–H and O–H groups in total. The molecule has 0 unspecified atom stereocenters. The summed E-state index contributed by atoms with van der Waals surface area (Å²) >= 11 is 0. The van der Waals surface area contributed by atoms with Gasteiger partial charge in [-0.25, -0.2) is 0 Å². The minimum absolute atomic E-state index is 0.260. The van der Waals surface area contributed by atoms with E-state index < -0.39 is 0 Å². The smallest absolute Gasteiger partial charge is 0.134 e. The van der Waals surface area contributed by atoms with Crippen molar-refractivity contribution in [2.24, 2.45) is 5.73 Å². The van der Waals surface area contributed by atoms with Gasteiger partial charge in [0.2, 0.25) is 0 Å². The maximum atomic E-state index is 11.2. The van der Waals surface area contributed by atoms with Crippen molar-refractivity contribution >= 4 is 5.78 Å². The van der Waals surface area contributed by atoms with E-state index in [1.807, 2.05) is 12.1 Å². The molecular weight excluding hydrogens is 174 g/mol. The summed E-state index contributed by atoms with van der Waals surface area (Å²) in [7, 11) is 0. The number of hydrogen-bond donors (Lipinski definition) is 1. The van der Waals surface area contributed by atoms with Crippen LogP contribution < -0.4 is 5.73 Å². The van der Waals surface area contributed by atoms with Crippen LogP contribution in [0.2, 0.25) is 0 Å². The molecule has 1 aromatic rings. The number of benzene rings is 1. The second kappa shape index (κ2) is 5.55. The highest BCUT2D eigenvalue weighted by molar-refractivity contribution is 5.78. The van der Waals surface area contributed by atoms with Crippen LogP contribution in [-0.4, -0.2) is 12.3 Å². The zero-order chi connectivity index (χ0) is 10.4. The largest absolute Gasteiger partial charge is 0.330 e. The summed E-state index contributed by atoms with van der Waals surface area (Å²) in [4.78, 5) is 11.2. The van der Waals surface area contributed by atoms with Gasteiger partial charge in [-0.2, -0.15) is 0 Å². The third-order valence-electron chi connectivity index (χ3n) is 2.36. The lowest BCUT2D eigenvalue weighted by Crippen LogP contribution is -2.08. The van der Waals surface area contributed by atoms with E-state index in [1.54, 1.807) is 0 Å². The molecule has 0 aliphatic rings. The summed E-state index contributed by atoms with van der Waals surface area (Å²) in [5.41, 5.74) is 7.83. The molecule has 14 heavy (non-hydrogen) atoms. The van der Waals surface area contributed by atoms with Gasteiger partial charge in [0, 0.05) is 12.8 Å². The lowest BCUT2D eigenvalue weighted by Gasteiger charge is -2.03. The van der Waals surface area contributed by atoms with Crippen LogP contribution in [0.15, 0.2) is 24.3 Å². The summed E-state index contributed by atoms with van der Waals surface area (Å²) in [6.07, 6.45) is 1.96. The van der Waals surface area contributed by atoms with Crippen LogP contribution in [0, 0.1) is 6.92 Å². The Bertz CT molecular complexity index is 307. The molecule has 0 saturated heterocycles. The predicted octanol–water partition coefficient (Wildman–Crippen LogP) is 1.85. The number of hydrogen-bond acceptors (Lipinski definition) is 2. The van der Waals surface area contributed by atoms with Crippen LogP contribution in [0.4, 0.5) is 0 Å². The molecule has 76 valence electrons. The summed E-state index contributed by atoms with van der Waals surface area (Å²) in [5.74, 6) is 0.260. The van der Waals surface area contributed by atoms with Gasteiger partial charge in [0.15, 0.2) is 0 Å². The van der Waals surface area contributed by atoms with Crippen molar-refractivity contribution in [3.05, 3.63) is 35.4 Å². The number of carbonyl (C=O) groups excluding carboxylic acids is 1. The molecule has 0 aromatic heterocycles. The van der Waals surface area contributed by atoms with Crippen LogP contribution >= 0.6 is 0 Å². The standard InChI is InChI=1S/C12H17NO/c1-10-4-2-3-5-11(10)6-7-12(14)8-9-13/h2-5H,6-9,13H2,1H3. The van der Waals surface area contributed by atoms with Gasteiger partial charge >= 0.3 is 0 Å². The molecule has 0 aliphatic heterocycles. The van der Waals surface area contributed by atoms with Gasteiger partial charge in [0.05, 0.1) is 0 Å². The Balaban J connectivity index is 2.46. The Kier molecular flexibility index (Phi) is 4.33. The molecule has 0 atom stereocenters. The van der Waals surface area contributed by atoms with Crippen molar-refractivity contribution in [1.82, 2.24) is 0 Å². The zero-order valence-electron chi connectivity index (χ0n) is 8.62. The van der Waals surface area contributed by atoms with E-state index >= 15 is 0 Å². The number of nitrogens with two attached hydrogens (primary N) is 1. The fourth-order valence-corrected chi connectivity index (χ4v) is 1.45. The molecule has 1 rings (SSSR count). The fourth-order valence-electron chi connectivity index (χ4n) is 1.45. The van der Waals surface area contributed by atoms with Crippen LogP contribution in [0.25, 0.3) is 0 Å². The SMILES string of the molecule is Cc1ccccc1CCC(=O)CCN. The molecule has 0 radical (unpaired) electrons. The first-order valence-electron chi connectivity index (χ1n) is 5.00. The second-order valence-corrected chi connectivity index (χ2v) is 3.50. The van der Waals surface area contributed by atoms with E-state index in [4.69, 9.17) is 5.73 Å². The van der Waals surface area contributed by atoms with Crippen molar-refractivity contribution in [2.75, 3.05) is 6.54 Å². The normalized spacial score (nSPS) is 10.1. The molecule has 2 nitrogen and oxygen atoms in total. The molecule has 0 aliphatic carbocycles. The minimum atomic E-state index is 0.260. The first-order chi connectivity index (χ1) is 6.74. The molecule has 0 fully saturated rings. The highest BCUT2D eigenvalue weighted by Gasteiger charge is 2.02. The minimum Gasteiger partial charge on any atom is -0.330 e. The average molecular weight is 191 g/mol. The number of ketones is 1. The van der Waals surface area contributed by atoms with Gasteiger partial charge in [-0.15, -0.1) is 0 Å². The van der Waals surface area contributed by atoms with Gasteiger partial charge < -0.3 is 5.73 Å². The Hall–Kier alpha value is -1.15. The number of Topliss-reactive ketones (excluding diaryl/α,β-unsaturated/α-hetero) is 1. The maximum absolute atomic E-state index is 11.2. The average Bonchev–Trinajstić information content (AvgIpc) is 2.17. The zero-order valence-corrected chi connectivity index (χ0v) is 8.62. The van der Waals surface area contributed by atoms with E-state index in [2.05, 4.69) is 19.1 Å². The van der Waals surface area contributed by atoms with Gasteiger partial charge in [0.1, 0.15) is 5.78 Å². The molecule has 0 heterocycles. The summed E-state index contributed by atoms with van der Waals surface area (Å²) < 4.78 is 0. The highest BCUT2D eigenvalue weighted by Crippen LogP contribution is 2.09.